The van der Waals surface area contributed by atoms with Gasteiger partial charge in [0.05, 0.1) is 17.1 Å². The highest BCUT2D eigenvalue weighted by molar-refractivity contribution is 6.53. The molecule has 0 aromatic heterocycles. The SMILES string of the molecule is [N-]=[N+]=NC[C@@H](NC(=O)C(Cl)Cl)[C@H](O)c1ccc([N+](=O)[O-])cc1. The molecule has 22 heavy (non-hydrogen) atoms. The number of carbonyl (C=O) groups is 1. The van der Waals surface area contributed by atoms with Gasteiger partial charge in [0.1, 0.15) is 0 Å². The van der Waals surface area contributed by atoms with Gasteiger partial charge < -0.3 is 10.4 Å². The van der Waals surface area contributed by atoms with E-state index in [-0.39, 0.29) is 12.2 Å². The maximum absolute atomic E-state index is 11.5. The highest BCUT2D eigenvalue weighted by Gasteiger charge is 2.25. The van der Waals surface area contributed by atoms with Crippen LogP contribution in [0, 0.1) is 10.1 Å². The van der Waals surface area contributed by atoms with E-state index in [4.69, 9.17) is 28.7 Å². The van der Waals surface area contributed by atoms with E-state index in [1.165, 1.54) is 24.3 Å². The first-order valence-corrected chi connectivity index (χ1v) is 6.76. The van der Waals surface area contributed by atoms with Crippen LogP contribution in [0.5, 0.6) is 0 Å². The van der Waals surface area contributed by atoms with Crippen LogP contribution in [0.3, 0.4) is 0 Å². The average molecular weight is 348 g/mol. The smallest absolute Gasteiger partial charge is 0.269 e. The number of alkyl halides is 2. The van der Waals surface area contributed by atoms with Gasteiger partial charge >= 0.3 is 0 Å². The number of aliphatic hydroxyl groups excluding tert-OH is 1. The van der Waals surface area contributed by atoms with Crippen LogP contribution in [-0.2, 0) is 4.79 Å². The highest BCUT2D eigenvalue weighted by atomic mass is 35.5. The lowest BCUT2D eigenvalue weighted by Gasteiger charge is -2.23. The standard InChI is InChI=1S/C11H11Cl2N5O4/c12-10(13)11(20)16-8(5-15-17-14)9(19)6-1-3-7(4-2-6)18(21)22/h1-4,8-10,19H,5H2,(H,16,20)/t8-,9-/m1/s1. The largest absolute Gasteiger partial charge is 0.386 e. The number of hydrogen-bond donors (Lipinski definition) is 2. The average Bonchev–Trinajstić information content (AvgIpc) is 2.50. The molecule has 1 aromatic rings. The molecule has 0 unspecified atom stereocenters. The fourth-order valence-corrected chi connectivity index (χ4v) is 1.75. The molecule has 0 spiro atoms. The third kappa shape index (κ3) is 5.05. The number of nitrogens with zero attached hydrogens (tertiary/aromatic N) is 4. The number of benzene rings is 1. The zero-order valence-corrected chi connectivity index (χ0v) is 12.5. The topological polar surface area (TPSA) is 141 Å². The lowest BCUT2D eigenvalue weighted by Crippen LogP contribution is -2.43. The predicted octanol–water partition coefficient (Wildman–Crippen LogP) is 2.23. The molecular weight excluding hydrogens is 337 g/mol. The summed E-state index contributed by atoms with van der Waals surface area (Å²) in [5.74, 6) is -0.762. The van der Waals surface area contributed by atoms with Crippen molar-refractivity contribution in [3.63, 3.8) is 0 Å². The maximum Gasteiger partial charge on any atom is 0.269 e. The van der Waals surface area contributed by atoms with Gasteiger partial charge in [0.25, 0.3) is 11.6 Å². The Morgan fingerprint density at radius 3 is 2.50 bits per heavy atom. The molecule has 1 rings (SSSR count). The van der Waals surface area contributed by atoms with Crippen LogP contribution in [0.2, 0.25) is 0 Å². The summed E-state index contributed by atoms with van der Waals surface area (Å²) in [5.41, 5.74) is 8.50. The van der Waals surface area contributed by atoms with Crippen molar-refractivity contribution in [2.45, 2.75) is 17.0 Å². The number of non-ortho nitro benzene ring substituents is 1. The van der Waals surface area contributed by atoms with Crippen LogP contribution >= 0.6 is 23.2 Å². The molecule has 0 saturated carbocycles. The van der Waals surface area contributed by atoms with Gasteiger partial charge in [-0.1, -0.05) is 28.3 Å². The van der Waals surface area contributed by atoms with Gasteiger partial charge in [-0.2, -0.15) is 0 Å². The summed E-state index contributed by atoms with van der Waals surface area (Å²) in [5, 5.41) is 26.4. The number of aliphatic hydroxyl groups is 1. The van der Waals surface area contributed by atoms with Crippen LogP contribution < -0.4 is 5.32 Å². The molecule has 0 aliphatic rings. The lowest BCUT2D eigenvalue weighted by molar-refractivity contribution is -0.384. The van der Waals surface area contributed by atoms with Gasteiger partial charge in [-0.15, -0.1) is 0 Å². The molecule has 0 radical (unpaired) electrons. The Morgan fingerprint density at radius 1 is 1.45 bits per heavy atom. The second-order valence-corrected chi connectivity index (χ2v) is 5.22. The molecule has 118 valence electrons. The summed E-state index contributed by atoms with van der Waals surface area (Å²) < 4.78 is 0. The number of halogens is 2. The molecule has 1 aromatic carbocycles. The van der Waals surface area contributed by atoms with Crippen LogP contribution in [0.1, 0.15) is 11.7 Å². The Labute approximate surface area is 134 Å². The van der Waals surface area contributed by atoms with Gasteiger partial charge in [-0.05, 0) is 23.2 Å². The monoisotopic (exact) mass is 347 g/mol. The quantitative estimate of drug-likeness (QED) is 0.195. The van der Waals surface area contributed by atoms with Crippen molar-refractivity contribution in [3.05, 3.63) is 50.4 Å². The first kappa shape index (κ1) is 18.0. The van der Waals surface area contributed by atoms with Crippen molar-refractivity contribution < 1.29 is 14.8 Å². The zero-order valence-electron chi connectivity index (χ0n) is 11.0. The molecule has 0 saturated heterocycles. The van der Waals surface area contributed by atoms with Gasteiger partial charge in [-0.25, -0.2) is 0 Å². The Hall–Kier alpha value is -2.06. The maximum atomic E-state index is 11.5. The number of nitro benzene ring substituents is 1. The second-order valence-electron chi connectivity index (χ2n) is 4.12. The molecule has 0 bridgehead atoms. The van der Waals surface area contributed by atoms with Crippen molar-refractivity contribution in [1.29, 1.82) is 0 Å². The number of carbonyl (C=O) groups excluding carboxylic acids is 1. The van der Waals surface area contributed by atoms with Crippen LogP contribution in [0.25, 0.3) is 10.4 Å². The van der Waals surface area contributed by atoms with Crippen molar-refractivity contribution in [2.24, 2.45) is 5.11 Å². The Morgan fingerprint density at radius 2 is 2.05 bits per heavy atom. The van der Waals surface area contributed by atoms with E-state index in [1.54, 1.807) is 0 Å². The van der Waals surface area contributed by atoms with E-state index in [0.717, 1.165) is 0 Å². The van der Waals surface area contributed by atoms with E-state index in [1.807, 2.05) is 0 Å². The molecule has 0 fully saturated rings. The molecule has 0 aliphatic carbocycles. The second kappa shape index (κ2) is 8.40. The van der Waals surface area contributed by atoms with E-state index in [9.17, 15) is 20.0 Å². The number of azide groups is 1. The minimum Gasteiger partial charge on any atom is -0.386 e. The summed E-state index contributed by atoms with van der Waals surface area (Å²) >= 11 is 10.8. The van der Waals surface area contributed by atoms with Crippen LogP contribution in [-0.4, -0.2) is 33.4 Å². The van der Waals surface area contributed by atoms with Crippen LogP contribution in [0.15, 0.2) is 29.4 Å². The Bertz CT molecular complexity index is 589. The van der Waals surface area contributed by atoms with Crippen molar-refractivity contribution in [3.8, 4) is 0 Å². The molecule has 2 N–H and O–H groups in total. The van der Waals surface area contributed by atoms with Gasteiger partial charge in [0, 0.05) is 23.6 Å². The van der Waals surface area contributed by atoms with E-state index in [2.05, 4.69) is 15.3 Å². The van der Waals surface area contributed by atoms with Gasteiger partial charge in [0.15, 0.2) is 4.84 Å². The van der Waals surface area contributed by atoms with Gasteiger partial charge in [0.2, 0.25) is 0 Å². The third-order valence-corrected chi connectivity index (χ3v) is 3.09. The molecular formula is C11H11Cl2N5O4. The van der Waals surface area contributed by atoms with Crippen molar-refractivity contribution in [2.75, 3.05) is 6.54 Å². The fourth-order valence-electron chi connectivity index (χ4n) is 1.62. The van der Waals surface area contributed by atoms with Crippen molar-refractivity contribution in [1.82, 2.24) is 5.32 Å². The number of amides is 1. The zero-order chi connectivity index (χ0) is 16.7. The fraction of sp³-hybridized carbons (Fsp3) is 0.364. The summed E-state index contributed by atoms with van der Waals surface area (Å²) in [6, 6.07) is 4.09. The minimum absolute atomic E-state index is 0.145. The molecule has 1 amide bonds. The summed E-state index contributed by atoms with van der Waals surface area (Å²) in [4.78, 5) is 22.7. The normalized spacial score (nSPS) is 13.1. The first-order chi connectivity index (χ1) is 10.4. The number of rotatable bonds is 7. The molecule has 0 aliphatic heterocycles. The number of hydrogen-bond acceptors (Lipinski definition) is 5. The first-order valence-electron chi connectivity index (χ1n) is 5.88. The Balaban J connectivity index is 2.94. The third-order valence-electron chi connectivity index (χ3n) is 2.69. The van der Waals surface area contributed by atoms with Crippen LogP contribution in [0.4, 0.5) is 5.69 Å². The van der Waals surface area contributed by atoms with E-state index >= 15 is 0 Å². The van der Waals surface area contributed by atoms with Crippen molar-refractivity contribution >= 4 is 34.8 Å². The minimum atomic E-state index is -1.35. The molecule has 2 atom stereocenters. The molecule has 0 heterocycles. The summed E-state index contributed by atoms with van der Waals surface area (Å²) in [7, 11) is 0. The van der Waals surface area contributed by atoms with E-state index < -0.39 is 27.8 Å². The highest BCUT2D eigenvalue weighted by Crippen LogP contribution is 2.21. The van der Waals surface area contributed by atoms with Gasteiger partial charge in [-0.3, -0.25) is 14.9 Å². The molecule has 9 nitrogen and oxygen atoms in total. The Kier molecular flexibility index (Phi) is 6.87. The molecule has 11 heteroatoms. The predicted molar refractivity (Wildman–Crippen MR) is 79.5 cm³/mol. The summed E-state index contributed by atoms with van der Waals surface area (Å²) in [6.07, 6.45) is -1.26. The lowest BCUT2D eigenvalue weighted by atomic mass is 10.0. The van der Waals surface area contributed by atoms with E-state index in [0.29, 0.717) is 5.56 Å². The summed E-state index contributed by atoms with van der Waals surface area (Å²) in [6.45, 7) is -0.249. The number of nitrogens with one attached hydrogen (secondary N) is 1. The number of nitro groups is 1.